The van der Waals surface area contributed by atoms with Crippen LogP contribution in [-0.4, -0.2) is 39.5 Å². The molecule has 1 saturated carbocycles. The summed E-state index contributed by atoms with van der Waals surface area (Å²) in [6.45, 7) is 9.57. The van der Waals surface area contributed by atoms with Crippen LogP contribution in [0.15, 0.2) is 6.20 Å². The molecule has 1 aliphatic carbocycles. The molecule has 2 aliphatic rings. The molecule has 21 heavy (non-hydrogen) atoms. The van der Waals surface area contributed by atoms with Gasteiger partial charge in [0.1, 0.15) is 0 Å². The molecule has 0 spiro atoms. The molecule has 0 bridgehead atoms. The Bertz CT molecular complexity index is 430. The molecule has 0 aromatic carbocycles. The van der Waals surface area contributed by atoms with Crippen molar-refractivity contribution in [2.24, 2.45) is 11.8 Å². The molecule has 1 saturated heterocycles. The Balaban J connectivity index is 1.40. The molecule has 3 rings (SSSR count). The van der Waals surface area contributed by atoms with E-state index in [-0.39, 0.29) is 0 Å². The van der Waals surface area contributed by atoms with Gasteiger partial charge in [-0.3, -0.25) is 4.68 Å². The number of piperidine rings is 1. The van der Waals surface area contributed by atoms with Gasteiger partial charge in [-0.2, -0.15) is 0 Å². The van der Waals surface area contributed by atoms with Crippen LogP contribution in [0.25, 0.3) is 0 Å². The summed E-state index contributed by atoms with van der Waals surface area (Å²) in [4.78, 5) is 2.66. The lowest BCUT2D eigenvalue weighted by atomic mass is 9.95. The van der Waals surface area contributed by atoms with Crippen LogP contribution in [0.2, 0.25) is 0 Å². The van der Waals surface area contributed by atoms with E-state index in [1.165, 1.54) is 63.9 Å². The van der Waals surface area contributed by atoms with Gasteiger partial charge >= 0.3 is 0 Å². The maximum Gasteiger partial charge on any atom is 0.0857 e. The van der Waals surface area contributed by atoms with Crippen LogP contribution < -0.4 is 0 Å². The van der Waals surface area contributed by atoms with Gasteiger partial charge in [-0.25, -0.2) is 0 Å². The topological polar surface area (TPSA) is 34.0 Å². The van der Waals surface area contributed by atoms with Crippen molar-refractivity contribution in [1.29, 1.82) is 0 Å². The fraction of sp³-hybridized carbons (Fsp3) is 0.882. The van der Waals surface area contributed by atoms with E-state index in [1.54, 1.807) is 0 Å². The smallest absolute Gasteiger partial charge is 0.0857 e. The van der Waals surface area contributed by atoms with E-state index in [0.717, 1.165) is 24.3 Å². The van der Waals surface area contributed by atoms with Crippen molar-refractivity contribution in [3.8, 4) is 0 Å². The van der Waals surface area contributed by atoms with E-state index in [1.807, 2.05) is 0 Å². The summed E-state index contributed by atoms with van der Waals surface area (Å²) in [5.41, 5.74) is 1.22. The molecule has 1 aromatic heterocycles. The zero-order chi connectivity index (χ0) is 14.7. The molecule has 1 aliphatic heterocycles. The maximum absolute atomic E-state index is 4.32. The van der Waals surface area contributed by atoms with Crippen molar-refractivity contribution in [2.45, 2.75) is 64.8 Å². The monoisotopic (exact) mass is 290 g/mol. The third-order valence-electron chi connectivity index (χ3n) is 5.06. The molecule has 4 heteroatoms. The van der Waals surface area contributed by atoms with Gasteiger partial charge < -0.3 is 4.90 Å². The van der Waals surface area contributed by atoms with Crippen LogP contribution >= 0.6 is 0 Å². The quantitative estimate of drug-likeness (QED) is 0.772. The first-order chi connectivity index (χ1) is 10.2. The Morgan fingerprint density at radius 3 is 2.67 bits per heavy atom. The molecule has 0 radical (unpaired) electrons. The molecular weight excluding hydrogens is 260 g/mol. The third kappa shape index (κ3) is 4.29. The molecular formula is C17H30N4. The number of rotatable bonds is 7. The van der Waals surface area contributed by atoms with Crippen molar-refractivity contribution in [2.75, 3.05) is 19.6 Å². The Kier molecular flexibility index (Phi) is 4.94. The van der Waals surface area contributed by atoms with E-state index in [2.05, 4.69) is 39.9 Å². The number of nitrogens with zero attached hydrogens (tertiary/aromatic N) is 4. The zero-order valence-corrected chi connectivity index (χ0v) is 13.7. The standard InChI is InChI=1S/C17H30N4/c1-3-4-14(2)11-20-9-7-15(8-10-20)12-21-13-17(18-19-21)16-5-6-16/h13-16H,3-12H2,1-2H3. The average Bonchev–Trinajstić information content (AvgIpc) is 3.22. The summed E-state index contributed by atoms with van der Waals surface area (Å²) in [5, 5.41) is 8.64. The van der Waals surface area contributed by atoms with Crippen LogP contribution in [0.1, 0.15) is 64.0 Å². The average molecular weight is 290 g/mol. The molecule has 4 nitrogen and oxygen atoms in total. The molecule has 1 unspecified atom stereocenters. The van der Waals surface area contributed by atoms with Crippen molar-refractivity contribution in [1.82, 2.24) is 19.9 Å². The van der Waals surface area contributed by atoms with Gasteiger partial charge in [0.2, 0.25) is 0 Å². The maximum atomic E-state index is 4.32. The van der Waals surface area contributed by atoms with E-state index < -0.39 is 0 Å². The zero-order valence-electron chi connectivity index (χ0n) is 13.7. The normalized spacial score (nSPS) is 22.6. The lowest BCUT2D eigenvalue weighted by Gasteiger charge is -2.33. The van der Waals surface area contributed by atoms with Crippen molar-refractivity contribution >= 4 is 0 Å². The van der Waals surface area contributed by atoms with Crippen LogP contribution in [0.4, 0.5) is 0 Å². The molecule has 1 aromatic rings. The number of likely N-dealkylation sites (tertiary alicyclic amines) is 1. The van der Waals surface area contributed by atoms with Crippen LogP contribution in [0.3, 0.4) is 0 Å². The molecule has 118 valence electrons. The highest BCUT2D eigenvalue weighted by Crippen LogP contribution is 2.38. The number of hydrogen-bond acceptors (Lipinski definition) is 3. The first-order valence-corrected chi connectivity index (χ1v) is 8.87. The van der Waals surface area contributed by atoms with E-state index in [0.29, 0.717) is 0 Å². The van der Waals surface area contributed by atoms with Gasteiger partial charge in [0, 0.05) is 25.2 Å². The molecule has 0 amide bonds. The Morgan fingerprint density at radius 2 is 2.00 bits per heavy atom. The van der Waals surface area contributed by atoms with Gasteiger partial charge in [-0.05, 0) is 57.0 Å². The van der Waals surface area contributed by atoms with Crippen molar-refractivity contribution in [3.63, 3.8) is 0 Å². The van der Waals surface area contributed by atoms with Gasteiger partial charge in [0.15, 0.2) is 0 Å². The van der Waals surface area contributed by atoms with Gasteiger partial charge in [0.05, 0.1) is 5.69 Å². The fourth-order valence-corrected chi connectivity index (χ4v) is 3.61. The lowest BCUT2D eigenvalue weighted by Crippen LogP contribution is -2.37. The summed E-state index contributed by atoms with van der Waals surface area (Å²) >= 11 is 0. The summed E-state index contributed by atoms with van der Waals surface area (Å²) < 4.78 is 2.09. The molecule has 0 N–H and O–H groups in total. The summed E-state index contributed by atoms with van der Waals surface area (Å²) in [7, 11) is 0. The van der Waals surface area contributed by atoms with Gasteiger partial charge in [0.25, 0.3) is 0 Å². The summed E-state index contributed by atoms with van der Waals surface area (Å²) in [6, 6.07) is 0. The largest absolute Gasteiger partial charge is 0.303 e. The van der Waals surface area contributed by atoms with E-state index >= 15 is 0 Å². The van der Waals surface area contributed by atoms with Crippen LogP contribution in [0.5, 0.6) is 0 Å². The first kappa shape index (κ1) is 15.0. The van der Waals surface area contributed by atoms with Gasteiger partial charge in [-0.15, -0.1) is 5.10 Å². The molecule has 2 fully saturated rings. The Labute approximate surface area is 128 Å². The number of hydrogen-bond donors (Lipinski definition) is 0. The SMILES string of the molecule is CCCC(C)CN1CCC(Cn2cc(C3CC3)nn2)CC1. The minimum atomic E-state index is 0.723. The Hall–Kier alpha value is -0.900. The molecule has 1 atom stereocenters. The summed E-state index contributed by atoms with van der Waals surface area (Å²) in [6.07, 6.45) is 10.1. The highest BCUT2D eigenvalue weighted by Gasteiger charge is 2.27. The molecule has 2 heterocycles. The Morgan fingerprint density at radius 1 is 1.24 bits per heavy atom. The number of aromatic nitrogens is 3. The predicted octanol–water partition coefficient (Wildman–Crippen LogP) is 3.30. The highest BCUT2D eigenvalue weighted by molar-refractivity contribution is 5.08. The third-order valence-corrected chi connectivity index (χ3v) is 5.06. The van der Waals surface area contributed by atoms with Crippen molar-refractivity contribution in [3.05, 3.63) is 11.9 Å². The summed E-state index contributed by atoms with van der Waals surface area (Å²) in [5.74, 6) is 2.36. The van der Waals surface area contributed by atoms with Crippen molar-refractivity contribution < 1.29 is 0 Å². The predicted molar refractivity (Wildman–Crippen MR) is 85.2 cm³/mol. The minimum absolute atomic E-state index is 0.723. The first-order valence-electron chi connectivity index (χ1n) is 8.87. The van der Waals surface area contributed by atoms with E-state index in [4.69, 9.17) is 0 Å². The second kappa shape index (κ2) is 6.91. The second-order valence-corrected chi connectivity index (χ2v) is 7.28. The van der Waals surface area contributed by atoms with Crippen LogP contribution in [-0.2, 0) is 6.54 Å². The van der Waals surface area contributed by atoms with E-state index in [9.17, 15) is 0 Å². The lowest BCUT2D eigenvalue weighted by molar-refractivity contribution is 0.150. The fourth-order valence-electron chi connectivity index (χ4n) is 3.61. The van der Waals surface area contributed by atoms with Gasteiger partial charge in [-0.1, -0.05) is 25.5 Å². The second-order valence-electron chi connectivity index (χ2n) is 7.28. The van der Waals surface area contributed by atoms with Crippen LogP contribution in [0, 0.1) is 11.8 Å². The minimum Gasteiger partial charge on any atom is -0.303 e. The highest BCUT2D eigenvalue weighted by atomic mass is 15.4.